The first kappa shape index (κ1) is 16.1. The van der Waals surface area contributed by atoms with Crippen molar-refractivity contribution >= 4 is 23.3 Å². The summed E-state index contributed by atoms with van der Waals surface area (Å²) in [7, 11) is 0. The average Bonchev–Trinajstić information content (AvgIpc) is 3.15. The van der Waals surface area contributed by atoms with Crippen molar-refractivity contribution in [2.75, 3.05) is 11.9 Å². The molecule has 3 heterocycles. The van der Waals surface area contributed by atoms with E-state index in [1.165, 1.54) is 25.7 Å². The van der Waals surface area contributed by atoms with Gasteiger partial charge in [0.1, 0.15) is 5.82 Å². The third kappa shape index (κ3) is 3.23. The lowest BCUT2D eigenvalue weighted by Gasteiger charge is -2.27. The van der Waals surface area contributed by atoms with Crippen LogP contribution in [0.25, 0.3) is 5.65 Å². The van der Waals surface area contributed by atoms with E-state index in [1.54, 1.807) is 29.0 Å². The maximum Gasteiger partial charge on any atom is 0.230 e. The maximum atomic E-state index is 12.7. The Bertz CT molecular complexity index is 779. The number of nitrogens with one attached hydrogen (secondary N) is 1. The van der Waals surface area contributed by atoms with Gasteiger partial charge in [-0.2, -0.15) is 9.61 Å². The van der Waals surface area contributed by atoms with Crippen LogP contribution in [0.5, 0.6) is 0 Å². The van der Waals surface area contributed by atoms with Crippen LogP contribution in [0.4, 0.5) is 5.82 Å². The van der Waals surface area contributed by atoms with Gasteiger partial charge in [0.15, 0.2) is 5.65 Å². The Morgan fingerprint density at radius 1 is 1.12 bits per heavy atom. The highest BCUT2D eigenvalue weighted by Crippen LogP contribution is 2.28. The quantitative estimate of drug-likeness (QED) is 0.868. The summed E-state index contributed by atoms with van der Waals surface area (Å²) in [5, 5.41) is 7.09. The molecular weight excluding hydrogens is 318 g/mol. The Kier molecular flexibility index (Phi) is 4.38. The minimum Gasteiger partial charge on any atom is -0.339 e. The predicted octanol–water partition coefficient (Wildman–Crippen LogP) is 2.24. The fourth-order valence-electron chi connectivity index (χ4n) is 3.99. The molecule has 2 amide bonds. The molecule has 25 heavy (non-hydrogen) atoms. The molecule has 2 fully saturated rings. The molecule has 1 aliphatic heterocycles. The van der Waals surface area contributed by atoms with E-state index in [9.17, 15) is 9.59 Å². The Labute approximate surface area is 146 Å². The van der Waals surface area contributed by atoms with Crippen molar-refractivity contribution in [2.24, 2.45) is 5.92 Å². The van der Waals surface area contributed by atoms with Gasteiger partial charge in [-0.25, -0.2) is 4.98 Å². The summed E-state index contributed by atoms with van der Waals surface area (Å²) in [4.78, 5) is 31.3. The largest absolute Gasteiger partial charge is 0.339 e. The first-order valence-corrected chi connectivity index (χ1v) is 9.11. The topological polar surface area (TPSA) is 79.6 Å². The molecule has 1 saturated heterocycles. The number of rotatable bonds is 3. The number of anilines is 1. The number of amides is 2. The second-order valence-electron chi connectivity index (χ2n) is 7.01. The molecule has 2 aromatic heterocycles. The van der Waals surface area contributed by atoms with Gasteiger partial charge in [-0.1, -0.05) is 25.7 Å². The van der Waals surface area contributed by atoms with Crippen molar-refractivity contribution in [3.63, 3.8) is 0 Å². The molecule has 132 valence electrons. The molecule has 0 aromatic carbocycles. The summed E-state index contributed by atoms with van der Waals surface area (Å²) in [6, 6.07) is 3.81. The van der Waals surface area contributed by atoms with E-state index in [0.29, 0.717) is 30.5 Å². The van der Waals surface area contributed by atoms with Crippen molar-refractivity contribution in [2.45, 2.75) is 51.0 Å². The Hall–Kier alpha value is -2.44. The van der Waals surface area contributed by atoms with E-state index in [1.807, 2.05) is 4.90 Å². The fourth-order valence-corrected chi connectivity index (χ4v) is 3.99. The first-order chi connectivity index (χ1) is 12.2. The fraction of sp³-hybridized carbons (Fsp3) is 0.556. The van der Waals surface area contributed by atoms with Crippen LogP contribution in [0, 0.1) is 5.92 Å². The highest BCUT2D eigenvalue weighted by molar-refractivity contribution is 5.96. The molecule has 2 aromatic rings. The molecular formula is C18H23N5O2. The number of carbonyl (C=O) groups excluding carboxylic acids is 2. The van der Waals surface area contributed by atoms with Crippen molar-refractivity contribution < 1.29 is 9.59 Å². The van der Waals surface area contributed by atoms with E-state index in [0.717, 1.165) is 12.8 Å². The standard InChI is InChI=1S/C18H23N5O2/c24-17-11-13(12-22(17)14-5-3-1-2-4-6-14)18(25)21-16-7-9-19-15-8-10-20-23(15)16/h7-10,13-14H,1-6,11-12H2,(H,21,25)/t13-/m0/s1. The second-order valence-corrected chi connectivity index (χ2v) is 7.01. The zero-order valence-corrected chi connectivity index (χ0v) is 14.2. The molecule has 0 unspecified atom stereocenters. The molecule has 0 spiro atoms. The van der Waals surface area contributed by atoms with Crippen LogP contribution in [0.1, 0.15) is 44.9 Å². The summed E-state index contributed by atoms with van der Waals surface area (Å²) < 4.78 is 1.59. The molecule has 1 aliphatic carbocycles. The van der Waals surface area contributed by atoms with Crippen LogP contribution in [0.15, 0.2) is 24.5 Å². The van der Waals surface area contributed by atoms with Gasteiger partial charge in [0, 0.05) is 31.3 Å². The van der Waals surface area contributed by atoms with Gasteiger partial charge in [-0.15, -0.1) is 0 Å². The van der Waals surface area contributed by atoms with Crippen LogP contribution in [-0.2, 0) is 9.59 Å². The third-order valence-electron chi connectivity index (χ3n) is 5.34. The first-order valence-electron chi connectivity index (χ1n) is 9.11. The molecule has 2 aliphatic rings. The highest BCUT2D eigenvalue weighted by atomic mass is 16.2. The normalized spacial score (nSPS) is 22.3. The van der Waals surface area contributed by atoms with Gasteiger partial charge in [0.05, 0.1) is 12.1 Å². The van der Waals surface area contributed by atoms with Gasteiger partial charge in [-0.05, 0) is 18.9 Å². The van der Waals surface area contributed by atoms with Gasteiger partial charge in [-0.3, -0.25) is 9.59 Å². The van der Waals surface area contributed by atoms with Crippen LogP contribution in [-0.4, -0.2) is 43.9 Å². The summed E-state index contributed by atoms with van der Waals surface area (Å²) >= 11 is 0. The molecule has 0 bridgehead atoms. The monoisotopic (exact) mass is 341 g/mol. The second kappa shape index (κ2) is 6.82. The Morgan fingerprint density at radius 2 is 1.92 bits per heavy atom. The Balaban J connectivity index is 1.44. The lowest BCUT2D eigenvalue weighted by molar-refractivity contribution is -0.130. The lowest BCUT2D eigenvalue weighted by Crippen LogP contribution is -2.37. The lowest BCUT2D eigenvalue weighted by atomic mass is 10.1. The predicted molar refractivity (Wildman–Crippen MR) is 92.9 cm³/mol. The molecule has 4 rings (SSSR count). The summed E-state index contributed by atoms with van der Waals surface area (Å²) in [6.07, 6.45) is 10.6. The molecule has 1 atom stereocenters. The zero-order chi connectivity index (χ0) is 17.2. The minimum absolute atomic E-state index is 0.117. The number of hydrogen-bond acceptors (Lipinski definition) is 4. The Morgan fingerprint density at radius 3 is 2.72 bits per heavy atom. The number of aromatic nitrogens is 3. The maximum absolute atomic E-state index is 12.7. The third-order valence-corrected chi connectivity index (χ3v) is 5.34. The van der Waals surface area contributed by atoms with Crippen LogP contribution < -0.4 is 5.32 Å². The van der Waals surface area contributed by atoms with Crippen molar-refractivity contribution in [3.8, 4) is 0 Å². The molecule has 7 nitrogen and oxygen atoms in total. The van der Waals surface area contributed by atoms with Gasteiger partial charge >= 0.3 is 0 Å². The van der Waals surface area contributed by atoms with Crippen molar-refractivity contribution in [1.29, 1.82) is 0 Å². The van der Waals surface area contributed by atoms with Crippen LogP contribution in [0.3, 0.4) is 0 Å². The van der Waals surface area contributed by atoms with Gasteiger partial charge in [0.2, 0.25) is 11.8 Å². The molecule has 1 N–H and O–H groups in total. The minimum atomic E-state index is -0.297. The van der Waals surface area contributed by atoms with Crippen LogP contribution in [0.2, 0.25) is 0 Å². The molecule has 7 heteroatoms. The van der Waals surface area contributed by atoms with E-state index in [-0.39, 0.29) is 17.7 Å². The van der Waals surface area contributed by atoms with E-state index in [2.05, 4.69) is 15.4 Å². The van der Waals surface area contributed by atoms with Crippen molar-refractivity contribution in [1.82, 2.24) is 19.5 Å². The number of likely N-dealkylation sites (tertiary alicyclic amines) is 1. The van der Waals surface area contributed by atoms with Gasteiger partial charge < -0.3 is 10.2 Å². The van der Waals surface area contributed by atoms with Gasteiger partial charge in [0.25, 0.3) is 0 Å². The van der Waals surface area contributed by atoms with E-state index < -0.39 is 0 Å². The summed E-state index contributed by atoms with van der Waals surface area (Å²) in [6.45, 7) is 0.530. The molecule has 0 radical (unpaired) electrons. The zero-order valence-electron chi connectivity index (χ0n) is 14.2. The number of carbonyl (C=O) groups is 2. The highest BCUT2D eigenvalue weighted by Gasteiger charge is 2.38. The van der Waals surface area contributed by atoms with E-state index in [4.69, 9.17) is 0 Å². The van der Waals surface area contributed by atoms with E-state index >= 15 is 0 Å². The summed E-state index contributed by atoms with van der Waals surface area (Å²) in [5.41, 5.74) is 0.681. The van der Waals surface area contributed by atoms with Crippen LogP contribution >= 0.6 is 0 Å². The SMILES string of the molecule is O=C(Nc1ccnc2ccnn12)[C@H]1CC(=O)N(C2CCCCCC2)C1. The van der Waals surface area contributed by atoms with Crippen molar-refractivity contribution in [3.05, 3.63) is 24.5 Å². The smallest absolute Gasteiger partial charge is 0.230 e. The number of hydrogen-bond donors (Lipinski definition) is 1. The number of nitrogens with zero attached hydrogens (tertiary/aromatic N) is 4. The summed E-state index contributed by atoms with van der Waals surface area (Å²) in [5.74, 6) is 0.286. The average molecular weight is 341 g/mol. The number of fused-ring (bicyclic) bond motifs is 1. The molecule has 1 saturated carbocycles.